The number of aliphatic hydroxyl groups is 1. The highest BCUT2D eigenvalue weighted by molar-refractivity contribution is 5.85. The average Bonchev–Trinajstić information content (AvgIpc) is 2.68. The Morgan fingerprint density at radius 1 is 1.17 bits per heavy atom. The fraction of sp³-hybridized carbons (Fsp3) is 0.682. The summed E-state index contributed by atoms with van der Waals surface area (Å²) in [7, 11) is 0. The van der Waals surface area contributed by atoms with E-state index in [-0.39, 0.29) is 30.7 Å². The van der Waals surface area contributed by atoms with Crippen molar-refractivity contribution in [1.29, 1.82) is 0 Å². The molecule has 0 aliphatic carbocycles. The minimum absolute atomic E-state index is 0. The molecule has 3 heterocycles. The average molecular weight is 444 g/mol. The van der Waals surface area contributed by atoms with Crippen LogP contribution in [0, 0.1) is 11.8 Å². The highest BCUT2D eigenvalue weighted by atomic mass is 35.5. The zero-order valence-corrected chi connectivity index (χ0v) is 18.8. The Kier molecular flexibility index (Phi) is 8.80. The molecule has 2 bridgehead atoms. The monoisotopic (exact) mass is 443 g/mol. The van der Waals surface area contributed by atoms with Gasteiger partial charge in [-0.05, 0) is 50.0 Å². The number of amides is 1. The summed E-state index contributed by atoms with van der Waals surface area (Å²) in [4.78, 5) is 17.4. The summed E-state index contributed by atoms with van der Waals surface area (Å²) in [6.07, 6.45) is 5.37. The van der Waals surface area contributed by atoms with Crippen molar-refractivity contribution in [3.8, 4) is 0 Å². The highest BCUT2D eigenvalue weighted by Gasteiger charge is 2.45. The molecule has 0 unspecified atom stereocenters. The van der Waals surface area contributed by atoms with Gasteiger partial charge in [-0.25, -0.2) is 0 Å². The van der Waals surface area contributed by atoms with E-state index in [1.54, 1.807) is 6.92 Å². The molecule has 1 amide bonds. The van der Waals surface area contributed by atoms with Crippen LogP contribution in [0.15, 0.2) is 30.3 Å². The molecule has 5 nitrogen and oxygen atoms in total. The second-order valence-electron chi connectivity index (χ2n) is 8.91. The van der Waals surface area contributed by atoms with E-state index in [9.17, 15) is 9.90 Å². The molecule has 3 fully saturated rings. The van der Waals surface area contributed by atoms with Gasteiger partial charge in [0.2, 0.25) is 5.91 Å². The second kappa shape index (κ2) is 10.5. The third-order valence-corrected chi connectivity index (χ3v) is 6.95. The normalized spacial score (nSPS) is 30.9. The maximum absolute atomic E-state index is 12.7. The molecule has 29 heavy (non-hydrogen) atoms. The number of fused-ring (bicyclic) bond motifs is 4. The Morgan fingerprint density at radius 2 is 1.90 bits per heavy atom. The number of likely N-dealkylation sites (tertiary alicyclic amines) is 1. The molecule has 0 aromatic heterocycles. The number of hydrogen-bond acceptors (Lipinski definition) is 4. The van der Waals surface area contributed by atoms with Crippen LogP contribution in [0.4, 0.5) is 0 Å². The summed E-state index contributed by atoms with van der Waals surface area (Å²) in [5.74, 6) is 0.993. The van der Waals surface area contributed by atoms with E-state index in [0.29, 0.717) is 23.9 Å². The summed E-state index contributed by atoms with van der Waals surface area (Å²) >= 11 is 0. The Balaban J connectivity index is 0.00000150. The van der Waals surface area contributed by atoms with Crippen LogP contribution >= 0.6 is 24.8 Å². The molecule has 6 atom stereocenters. The first-order valence-electron chi connectivity index (χ1n) is 10.5. The zero-order valence-electron chi connectivity index (χ0n) is 17.2. The van der Waals surface area contributed by atoms with Gasteiger partial charge in [-0.2, -0.15) is 0 Å². The van der Waals surface area contributed by atoms with Gasteiger partial charge in [0.15, 0.2) is 0 Å². The molecule has 1 aromatic rings. The van der Waals surface area contributed by atoms with Crippen molar-refractivity contribution in [2.24, 2.45) is 17.6 Å². The summed E-state index contributed by atoms with van der Waals surface area (Å²) in [5, 5.41) is 9.71. The quantitative estimate of drug-likeness (QED) is 0.749. The van der Waals surface area contributed by atoms with Gasteiger partial charge in [0.25, 0.3) is 0 Å². The maximum atomic E-state index is 12.7. The smallest absolute Gasteiger partial charge is 0.242 e. The van der Waals surface area contributed by atoms with Crippen LogP contribution in [0.2, 0.25) is 0 Å². The van der Waals surface area contributed by atoms with E-state index in [1.165, 1.54) is 31.2 Å². The number of aliphatic hydroxyl groups excluding tert-OH is 1. The molecule has 3 aliphatic rings. The molecule has 7 heteroatoms. The topological polar surface area (TPSA) is 69.8 Å². The van der Waals surface area contributed by atoms with Crippen LogP contribution < -0.4 is 5.73 Å². The molecule has 3 saturated heterocycles. The van der Waals surface area contributed by atoms with Crippen molar-refractivity contribution in [3.05, 3.63) is 35.9 Å². The molecular weight excluding hydrogens is 409 g/mol. The fourth-order valence-electron chi connectivity index (χ4n) is 5.61. The van der Waals surface area contributed by atoms with Crippen molar-refractivity contribution in [1.82, 2.24) is 9.80 Å². The van der Waals surface area contributed by atoms with Crippen molar-refractivity contribution < 1.29 is 9.90 Å². The SMILES string of the molecule is C[C@@H](O)[C@H](N)C(=O)N1C[C@@H]2C[C@H](C1)[C@@H]1CCC[C@H](Cc3ccccc3)N1C2.Cl.Cl. The first-order chi connectivity index (χ1) is 13.0. The Hall–Kier alpha value is -0.850. The lowest BCUT2D eigenvalue weighted by Gasteiger charge is -2.55. The Labute approximate surface area is 186 Å². The van der Waals surface area contributed by atoms with Crippen LogP contribution in [0.5, 0.6) is 0 Å². The third-order valence-electron chi connectivity index (χ3n) is 6.95. The fourth-order valence-corrected chi connectivity index (χ4v) is 5.61. The van der Waals surface area contributed by atoms with Gasteiger partial charge in [0.05, 0.1) is 6.10 Å². The maximum Gasteiger partial charge on any atom is 0.242 e. The largest absolute Gasteiger partial charge is 0.391 e. The van der Waals surface area contributed by atoms with Gasteiger partial charge in [0.1, 0.15) is 6.04 Å². The van der Waals surface area contributed by atoms with Gasteiger partial charge < -0.3 is 15.7 Å². The first-order valence-corrected chi connectivity index (χ1v) is 10.5. The lowest BCUT2D eigenvalue weighted by atomic mass is 9.74. The highest BCUT2D eigenvalue weighted by Crippen LogP contribution is 2.40. The van der Waals surface area contributed by atoms with Gasteiger partial charge in [-0.15, -0.1) is 24.8 Å². The standard InChI is InChI=1S/C22H33N3O2.2ClH/c1-15(26)21(23)22(27)24-12-17-10-18(14-24)20-9-5-8-19(25(20)13-17)11-16-6-3-2-4-7-16;;/h2-4,6-7,15,17-21,26H,5,8-14,23H2,1H3;2*1H/t15-,17+,18-,19-,20+,21+;;/m1../s1. The van der Waals surface area contributed by atoms with E-state index in [0.717, 1.165) is 26.1 Å². The predicted octanol–water partition coefficient (Wildman–Crippen LogP) is 2.48. The van der Waals surface area contributed by atoms with Gasteiger partial charge >= 0.3 is 0 Å². The second-order valence-corrected chi connectivity index (χ2v) is 8.91. The number of carbonyl (C=O) groups is 1. The van der Waals surface area contributed by atoms with Crippen molar-refractivity contribution in [3.63, 3.8) is 0 Å². The van der Waals surface area contributed by atoms with E-state index in [1.807, 2.05) is 4.90 Å². The van der Waals surface area contributed by atoms with E-state index in [4.69, 9.17) is 5.73 Å². The summed E-state index contributed by atoms with van der Waals surface area (Å²) in [5.41, 5.74) is 7.36. The number of hydrogen-bond donors (Lipinski definition) is 2. The van der Waals surface area contributed by atoms with E-state index in [2.05, 4.69) is 35.2 Å². The number of rotatable bonds is 4. The molecule has 3 aliphatic heterocycles. The van der Waals surface area contributed by atoms with Crippen LogP contribution in [0.25, 0.3) is 0 Å². The lowest BCUT2D eigenvalue weighted by molar-refractivity contribution is -0.142. The molecule has 0 saturated carbocycles. The van der Waals surface area contributed by atoms with Gasteiger partial charge in [0, 0.05) is 31.7 Å². The van der Waals surface area contributed by atoms with Crippen LogP contribution in [0.1, 0.15) is 38.2 Å². The minimum Gasteiger partial charge on any atom is -0.391 e. The number of nitrogens with two attached hydrogens (primary N) is 1. The number of benzene rings is 1. The molecule has 0 radical (unpaired) electrons. The summed E-state index contributed by atoms with van der Waals surface area (Å²) < 4.78 is 0. The molecular formula is C22H35Cl2N3O2. The van der Waals surface area contributed by atoms with Gasteiger partial charge in [-0.3, -0.25) is 9.69 Å². The molecule has 1 aromatic carbocycles. The van der Waals surface area contributed by atoms with Crippen LogP contribution in [0.3, 0.4) is 0 Å². The van der Waals surface area contributed by atoms with Gasteiger partial charge in [-0.1, -0.05) is 36.8 Å². The van der Waals surface area contributed by atoms with Crippen LogP contribution in [-0.2, 0) is 11.2 Å². The van der Waals surface area contributed by atoms with Crippen molar-refractivity contribution in [2.75, 3.05) is 19.6 Å². The Morgan fingerprint density at radius 3 is 2.59 bits per heavy atom. The minimum atomic E-state index is -0.794. The molecule has 3 N–H and O–H groups in total. The Bertz CT molecular complexity index is 661. The van der Waals surface area contributed by atoms with E-state index < -0.39 is 12.1 Å². The number of halogens is 2. The van der Waals surface area contributed by atoms with Crippen LogP contribution in [-0.4, -0.2) is 64.7 Å². The predicted molar refractivity (Wildman–Crippen MR) is 121 cm³/mol. The van der Waals surface area contributed by atoms with Crippen molar-refractivity contribution in [2.45, 2.75) is 63.3 Å². The summed E-state index contributed by atoms with van der Waals surface area (Å²) in [6, 6.07) is 11.3. The van der Waals surface area contributed by atoms with E-state index >= 15 is 0 Å². The number of piperidine rings is 3. The number of carbonyl (C=O) groups excluding carboxylic acids is 1. The van der Waals surface area contributed by atoms with Crippen molar-refractivity contribution >= 4 is 30.7 Å². The molecule has 164 valence electrons. The first kappa shape index (κ1) is 24.4. The lowest BCUT2D eigenvalue weighted by Crippen LogP contribution is -2.64. The molecule has 0 spiro atoms. The number of nitrogens with zero attached hydrogens (tertiary/aromatic N) is 2. The summed E-state index contributed by atoms with van der Waals surface area (Å²) in [6.45, 7) is 4.28. The zero-order chi connectivity index (χ0) is 19.0. The third kappa shape index (κ3) is 5.26. The molecule has 4 rings (SSSR count).